The Balaban J connectivity index is 1.84. The van der Waals surface area contributed by atoms with Gasteiger partial charge in [-0.3, -0.25) is 4.79 Å². The molecule has 2 aromatic rings. The molecule has 23 heavy (non-hydrogen) atoms. The lowest BCUT2D eigenvalue weighted by atomic mass is 10.1. The van der Waals surface area contributed by atoms with Gasteiger partial charge in [0.15, 0.2) is 0 Å². The van der Waals surface area contributed by atoms with Crippen molar-refractivity contribution in [2.24, 2.45) is 0 Å². The van der Waals surface area contributed by atoms with Gasteiger partial charge in [0.05, 0.1) is 5.69 Å². The Kier molecular flexibility index (Phi) is 4.99. The van der Waals surface area contributed by atoms with Crippen LogP contribution in [-0.2, 0) is 0 Å². The van der Waals surface area contributed by atoms with Crippen molar-refractivity contribution in [3.63, 3.8) is 0 Å². The number of carbonyl (C=O) groups excluding carboxylic acids is 1. The van der Waals surface area contributed by atoms with Crippen molar-refractivity contribution in [2.75, 3.05) is 20.1 Å². The molecule has 0 saturated carbocycles. The molecule has 2 heterocycles. The zero-order valence-corrected chi connectivity index (χ0v) is 14.9. The lowest BCUT2D eigenvalue weighted by molar-refractivity contribution is 0.0702. The maximum Gasteiger partial charge on any atom is 0.265 e. The Labute approximate surface area is 145 Å². The summed E-state index contributed by atoms with van der Waals surface area (Å²) in [5, 5.41) is 4.79. The lowest BCUT2D eigenvalue weighted by Gasteiger charge is -2.32. The molecule has 1 aliphatic heterocycles. The number of carbonyl (C=O) groups is 1. The van der Waals surface area contributed by atoms with Gasteiger partial charge in [-0.15, -0.1) is 11.3 Å². The first kappa shape index (κ1) is 16.4. The lowest BCUT2D eigenvalue weighted by Crippen LogP contribution is -2.46. The second kappa shape index (κ2) is 6.99. The number of rotatable bonds is 3. The number of thiazole rings is 1. The van der Waals surface area contributed by atoms with Crippen LogP contribution < -0.4 is 5.32 Å². The molecular formula is C17H20ClN3OS. The zero-order valence-electron chi connectivity index (χ0n) is 13.3. The molecule has 122 valence electrons. The topological polar surface area (TPSA) is 45.2 Å². The molecule has 1 amide bonds. The van der Waals surface area contributed by atoms with Gasteiger partial charge < -0.3 is 10.2 Å². The van der Waals surface area contributed by atoms with Crippen LogP contribution in [0.2, 0.25) is 5.02 Å². The van der Waals surface area contributed by atoms with E-state index < -0.39 is 0 Å². The number of aryl methyl sites for hydroxylation is 1. The minimum Gasteiger partial charge on any atom is -0.336 e. The van der Waals surface area contributed by atoms with Gasteiger partial charge in [-0.25, -0.2) is 4.98 Å². The molecule has 4 nitrogen and oxygen atoms in total. The summed E-state index contributed by atoms with van der Waals surface area (Å²) >= 11 is 7.50. The number of likely N-dealkylation sites (tertiary alicyclic amines) is 1. The highest BCUT2D eigenvalue weighted by atomic mass is 35.5. The van der Waals surface area contributed by atoms with Crippen LogP contribution in [0.5, 0.6) is 0 Å². The number of hydrogen-bond donors (Lipinski definition) is 1. The first-order valence-electron chi connectivity index (χ1n) is 7.78. The largest absolute Gasteiger partial charge is 0.336 e. The van der Waals surface area contributed by atoms with E-state index in [0.29, 0.717) is 11.1 Å². The second-order valence-corrected chi connectivity index (χ2v) is 7.26. The van der Waals surface area contributed by atoms with Gasteiger partial charge in [0.2, 0.25) is 0 Å². The van der Waals surface area contributed by atoms with Gasteiger partial charge in [-0.2, -0.15) is 0 Å². The average Bonchev–Trinajstić information content (AvgIpc) is 2.96. The third-order valence-electron chi connectivity index (χ3n) is 4.18. The third kappa shape index (κ3) is 3.57. The van der Waals surface area contributed by atoms with Crippen LogP contribution in [0.25, 0.3) is 10.6 Å². The average molecular weight is 350 g/mol. The molecule has 1 N–H and O–H groups in total. The Morgan fingerprint density at radius 3 is 3.04 bits per heavy atom. The molecular weight excluding hydrogens is 330 g/mol. The fourth-order valence-corrected chi connectivity index (χ4v) is 4.10. The van der Waals surface area contributed by atoms with Crippen LogP contribution in [0.15, 0.2) is 24.3 Å². The first-order valence-corrected chi connectivity index (χ1v) is 8.98. The summed E-state index contributed by atoms with van der Waals surface area (Å²) in [6.07, 6.45) is 2.16. The number of nitrogens with zero attached hydrogens (tertiary/aromatic N) is 2. The van der Waals surface area contributed by atoms with Crippen LogP contribution >= 0.6 is 22.9 Å². The predicted molar refractivity (Wildman–Crippen MR) is 95.3 cm³/mol. The highest BCUT2D eigenvalue weighted by Gasteiger charge is 2.26. The maximum absolute atomic E-state index is 12.8. The zero-order chi connectivity index (χ0) is 16.4. The fraction of sp³-hybridized carbons (Fsp3) is 0.412. The molecule has 6 heteroatoms. The number of benzene rings is 1. The smallest absolute Gasteiger partial charge is 0.265 e. The van der Waals surface area contributed by atoms with Crippen LogP contribution in [-0.4, -0.2) is 42.0 Å². The maximum atomic E-state index is 12.8. The molecule has 0 bridgehead atoms. The van der Waals surface area contributed by atoms with Gasteiger partial charge in [-0.05, 0) is 38.9 Å². The SMILES string of the molecule is CNC1CCCN(C(=O)c2sc(-c3cccc(Cl)c3)nc2C)C1. The first-order chi connectivity index (χ1) is 11.1. The molecule has 1 aromatic heterocycles. The molecule has 0 spiro atoms. The van der Waals surface area contributed by atoms with Crippen molar-refractivity contribution in [3.05, 3.63) is 39.9 Å². The van der Waals surface area contributed by atoms with E-state index in [9.17, 15) is 4.79 Å². The molecule has 0 radical (unpaired) electrons. The van der Waals surface area contributed by atoms with E-state index in [-0.39, 0.29) is 5.91 Å². The van der Waals surface area contributed by atoms with E-state index in [4.69, 9.17) is 11.6 Å². The normalized spacial score (nSPS) is 18.2. The van der Waals surface area contributed by atoms with Crippen LogP contribution in [0.3, 0.4) is 0 Å². The standard InChI is InChI=1S/C17H20ClN3OS/c1-11-15(17(22)21-8-4-7-14(10-21)19-2)23-16(20-11)12-5-3-6-13(18)9-12/h3,5-6,9,14,19H,4,7-8,10H2,1-2H3. The summed E-state index contributed by atoms with van der Waals surface area (Å²) in [5.41, 5.74) is 1.75. The predicted octanol–water partition coefficient (Wildman–Crippen LogP) is 3.60. The number of likely N-dealkylation sites (N-methyl/N-ethyl adjacent to an activating group) is 1. The fourth-order valence-electron chi connectivity index (χ4n) is 2.88. The molecule has 1 atom stereocenters. The molecule has 1 fully saturated rings. The van der Waals surface area contributed by atoms with Gasteiger partial charge in [0.1, 0.15) is 9.88 Å². The van der Waals surface area contributed by atoms with Crippen molar-refractivity contribution in [2.45, 2.75) is 25.8 Å². The van der Waals surface area contributed by atoms with E-state index in [0.717, 1.165) is 47.1 Å². The van der Waals surface area contributed by atoms with Crippen molar-refractivity contribution >= 4 is 28.8 Å². The number of halogens is 1. The minimum absolute atomic E-state index is 0.0910. The van der Waals surface area contributed by atoms with Gasteiger partial charge in [0, 0.05) is 29.7 Å². The summed E-state index contributed by atoms with van der Waals surface area (Å²) in [6, 6.07) is 7.97. The number of nitrogens with one attached hydrogen (secondary N) is 1. The molecule has 3 rings (SSSR count). The van der Waals surface area contributed by atoms with Gasteiger partial charge in [-0.1, -0.05) is 23.7 Å². The van der Waals surface area contributed by atoms with Gasteiger partial charge in [0.25, 0.3) is 5.91 Å². The van der Waals surface area contributed by atoms with Crippen LogP contribution in [0, 0.1) is 6.92 Å². The van der Waals surface area contributed by atoms with Crippen molar-refractivity contribution in [1.82, 2.24) is 15.2 Å². The minimum atomic E-state index is 0.0910. The van der Waals surface area contributed by atoms with Crippen molar-refractivity contribution < 1.29 is 4.79 Å². The Morgan fingerprint density at radius 1 is 1.48 bits per heavy atom. The van der Waals surface area contributed by atoms with E-state index in [2.05, 4.69) is 10.3 Å². The number of aromatic nitrogens is 1. The second-order valence-electron chi connectivity index (χ2n) is 5.82. The van der Waals surface area contributed by atoms with Crippen molar-refractivity contribution in [3.8, 4) is 10.6 Å². The third-order valence-corrected chi connectivity index (χ3v) is 5.61. The van der Waals surface area contributed by atoms with Gasteiger partial charge >= 0.3 is 0 Å². The Hall–Kier alpha value is -1.43. The van der Waals surface area contributed by atoms with Crippen molar-refractivity contribution in [1.29, 1.82) is 0 Å². The van der Waals surface area contributed by atoms with E-state index in [1.807, 2.05) is 43.1 Å². The highest BCUT2D eigenvalue weighted by molar-refractivity contribution is 7.17. The van der Waals surface area contributed by atoms with Crippen LogP contribution in [0.1, 0.15) is 28.2 Å². The Morgan fingerprint density at radius 2 is 2.30 bits per heavy atom. The van der Waals surface area contributed by atoms with E-state index in [1.165, 1.54) is 11.3 Å². The van der Waals surface area contributed by atoms with E-state index in [1.54, 1.807) is 0 Å². The summed E-state index contributed by atoms with van der Waals surface area (Å²) in [5.74, 6) is 0.0910. The summed E-state index contributed by atoms with van der Waals surface area (Å²) in [4.78, 5) is 20.1. The number of amides is 1. The molecule has 1 unspecified atom stereocenters. The molecule has 0 aliphatic carbocycles. The highest BCUT2D eigenvalue weighted by Crippen LogP contribution is 2.30. The Bertz CT molecular complexity index is 716. The summed E-state index contributed by atoms with van der Waals surface area (Å²) < 4.78 is 0. The quantitative estimate of drug-likeness (QED) is 0.920. The summed E-state index contributed by atoms with van der Waals surface area (Å²) in [7, 11) is 1.95. The number of piperidine rings is 1. The molecule has 1 aromatic carbocycles. The summed E-state index contributed by atoms with van der Waals surface area (Å²) in [6.45, 7) is 3.48. The number of hydrogen-bond acceptors (Lipinski definition) is 4. The van der Waals surface area contributed by atoms with E-state index >= 15 is 0 Å². The molecule has 1 saturated heterocycles. The monoisotopic (exact) mass is 349 g/mol. The molecule has 1 aliphatic rings. The van der Waals surface area contributed by atoms with Crippen LogP contribution in [0.4, 0.5) is 0 Å².